The number of aryl methyl sites for hydroxylation is 2. The number of ether oxygens (including phenoxy) is 1. The number of benzene rings is 2. The molecule has 0 bridgehead atoms. The van der Waals surface area contributed by atoms with Gasteiger partial charge in [0.15, 0.2) is 0 Å². The summed E-state index contributed by atoms with van der Waals surface area (Å²) in [5.41, 5.74) is 4.11. The first-order valence-electron chi connectivity index (χ1n) is 11.2. The van der Waals surface area contributed by atoms with Crippen LogP contribution in [-0.2, 0) is 0 Å². The highest BCUT2D eigenvalue weighted by Gasteiger charge is 2.18. The zero-order valence-corrected chi connectivity index (χ0v) is 19.2. The summed E-state index contributed by atoms with van der Waals surface area (Å²) < 4.78 is 6.18. The summed E-state index contributed by atoms with van der Waals surface area (Å²) in [6, 6.07) is 15.3. The maximum absolute atomic E-state index is 9.04. The Balaban J connectivity index is 1.67. The molecule has 0 unspecified atom stereocenters. The Labute approximate surface area is 199 Å². The highest BCUT2D eigenvalue weighted by atomic mass is 16.5. The predicted octanol–water partition coefficient (Wildman–Crippen LogP) is 5.42. The molecule has 1 fully saturated rings. The van der Waals surface area contributed by atoms with Gasteiger partial charge in [-0.1, -0.05) is 0 Å². The third kappa shape index (κ3) is 5.48. The molecule has 8 nitrogen and oxygen atoms in total. The van der Waals surface area contributed by atoms with Gasteiger partial charge in [0.25, 0.3) is 0 Å². The van der Waals surface area contributed by atoms with Gasteiger partial charge in [0.05, 0.1) is 17.7 Å². The van der Waals surface area contributed by atoms with E-state index in [0.29, 0.717) is 23.2 Å². The van der Waals surface area contributed by atoms with E-state index in [9.17, 15) is 0 Å². The van der Waals surface area contributed by atoms with Crippen LogP contribution >= 0.6 is 0 Å². The molecular formula is C26H25N7O. The number of nitrogens with zero attached hydrogens (tertiary/aromatic N) is 6. The van der Waals surface area contributed by atoms with Crippen molar-refractivity contribution in [2.45, 2.75) is 33.1 Å². The fourth-order valence-corrected chi connectivity index (χ4v) is 3.91. The Hall–Kier alpha value is -4.43. The number of allylic oxidation sites excluding steroid dienone is 1. The Morgan fingerprint density at radius 3 is 2.32 bits per heavy atom. The average Bonchev–Trinajstić information content (AvgIpc) is 2.86. The number of rotatable bonds is 6. The highest BCUT2D eigenvalue weighted by molar-refractivity contribution is 5.59. The lowest BCUT2D eigenvalue weighted by Crippen LogP contribution is -2.31. The number of hydrogen-bond donors (Lipinski definition) is 1. The van der Waals surface area contributed by atoms with Crippen LogP contribution in [0.1, 0.15) is 41.5 Å². The van der Waals surface area contributed by atoms with Gasteiger partial charge in [0.2, 0.25) is 11.9 Å². The second-order valence-corrected chi connectivity index (χ2v) is 8.15. The molecule has 170 valence electrons. The van der Waals surface area contributed by atoms with Crippen LogP contribution in [0.5, 0.6) is 11.8 Å². The monoisotopic (exact) mass is 451 g/mol. The van der Waals surface area contributed by atoms with Gasteiger partial charge < -0.3 is 15.0 Å². The maximum Gasteiger partial charge on any atom is 0.328 e. The Kier molecular flexibility index (Phi) is 7.00. The molecule has 1 aliphatic rings. The van der Waals surface area contributed by atoms with Crippen molar-refractivity contribution in [2.24, 2.45) is 0 Å². The molecule has 0 spiro atoms. The van der Waals surface area contributed by atoms with Crippen molar-refractivity contribution in [3.05, 3.63) is 64.7 Å². The SMILES string of the molecule is Cc1cc(/C=C\C#N)cc(C)c1Oc1nc(Nc2ccc(C#N)cc2)nc(N2CCCCC2)n1. The number of hydrogen-bond acceptors (Lipinski definition) is 8. The van der Waals surface area contributed by atoms with Gasteiger partial charge in [0.1, 0.15) is 5.75 Å². The van der Waals surface area contributed by atoms with Crippen molar-refractivity contribution in [2.75, 3.05) is 23.3 Å². The van der Waals surface area contributed by atoms with Gasteiger partial charge in [-0.15, -0.1) is 0 Å². The first kappa shape index (κ1) is 22.8. The van der Waals surface area contributed by atoms with Crippen LogP contribution < -0.4 is 15.0 Å². The summed E-state index contributed by atoms with van der Waals surface area (Å²) >= 11 is 0. The molecule has 2 heterocycles. The summed E-state index contributed by atoms with van der Waals surface area (Å²) in [5, 5.41) is 21.0. The van der Waals surface area contributed by atoms with Crippen LogP contribution in [-0.4, -0.2) is 28.0 Å². The average molecular weight is 452 g/mol. The summed E-state index contributed by atoms with van der Waals surface area (Å²) in [7, 11) is 0. The fraction of sp³-hybridized carbons (Fsp3) is 0.269. The Morgan fingerprint density at radius 1 is 0.971 bits per heavy atom. The first-order chi connectivity index (χ1) is 16.6. The van der Waals surface area contributed by atoms with E-state index in [0.717, 1.165) is 48.3 Å². The fourth-order valence-electron chi connectivity index (χ4n) is 3.91. The van der Waals surface area contributed by atoms with Crippen LogP contribution in [0.15, 0.2) is 42.5 Å². The van der Waals surface area contributed by atoms with Crippen molar-refractivity contribution < 1.29 is 4.74 Å². The molecule has 0 aliphatic carbocycles. The molecule has 0 saturated carbocycles. The summed E-state index contributed by atoms with van der Waals surface area (Å²) in [6.07, 6.45) is 6.60. The molecule has 2 aromatic carbocycles. The third-order valence-electron chi connectivity index (χ3n) is 5.54. The number of nitriles is 2. The van der Waals surface area contributed by atoms with E-state index in [1.54, 1.807) is 18.2 Å². The quantitative estimate of drug-likeness (QED) is 0.494. The topological polar surface area (TPSA) is 111 Å². The van der Waals surface area contributed by atoms with E-state index < -0.39 is 0 Å². The summed E-state index contributed by atoms with van der Waals surface area (Å²) in [6.45, 7) is 5.68. The van der Waals surface area contributed by atoms with E-state index in [2.05, 4.69) is 31.2 Å². The van der Waals surface area contributed by atoms with E-state index in [1.807, 2.05) is 44.2 Å². The normalized spacial score (nSPS) is 13.4. The summed E-state index contributed by atoms with van der Waals surface area (Å²) in [5.74, 6) is 1.62. The molecule has 0 radical (unpaired) electrons. The molecule has 1 N–H and O–H groups in total. The molecule has 1 aromatic heterocycles. The summed E-state index contributed by atoms with van der Waals surface area (Å²) in [4.78, 5) is 15.9. The molecule has 4 rings (SSSR count). The number of anilines is 3. The van der Waals surface area contributed by atoms with Crippen LogP contribution in [0.4, 0.5) is 17.6 Å². The Morgan fingerprint density at radius 2 is 1.68 bits per heavy atom. The number of nitrogens with one attached hydrogen (secondary N) is 1. The second kappa shape index (κ2) is 10.5. The van der Waals surface area contributed by atoms with Crippen LogP contribution in [0, 0.1) is 36.5 Å². The van der Waals surface area contributed by atoms with Gasteiger partial charge in [-0.2, -0.15) is 25.5 Å². The van der Waals surface area contributed by atoms with Gasteiger partial charge in [-0.05, 0) is 92.3 Å². The van der Waals surface area contributed by atoms with E-state index in [1.165, 1.54) is 12.5 Å². The van der Waals surface area contributed by atoms with Crippen molar-refractivity contribution in [1.82, 2.24) is 15.0 Å². The highest BCUT2D eigenvalue weighted by Crippen LogP contribution is 2.30. The second-order valence-electron chi connectivity index (χ2n) is 8.15. The predicted molar refractivity (Wildman–Crippen MR) is 131 cm³/mol. The molecule has 1 aliphatic heterocycles. The maximum atomic E-state index is 9.04. The van der Waals surface area contributed by atoms with Gasteiger partial charge in [0, 0.05) is 24.9 Å². The zero-order chi connectivity index (χ0) is 23.9. The molecule has 34 heavy (non-hydrogen) atoms. The minimum Gasteiger partial charge on any atom is -0.424 e. The Bertz CT molecular complexity index is 1260. The lowest BCUT2D eigenvalue weighted by molar-refractivity contribution is 0.432. The third-order valence-corrected chi connectivity index (χ3v) is 5.54. The van der Waals surface area contributed by atoms with Gasteiger partial charge in [-0.3, -0.25) is 0 Å². The molecule has 1 saturated heterocycles. The van der Waals surface area contributed by atoms with Crippen LogP contribution in [0.2, 0.25) is 0 Å². The van der Waals surface area contributed by atoms with Crippen molar-refractivity contribution >= 4 is 23.7 Å². The van der Waals surface area contributed by atoms with Crippen molar-refractivity contribution in [3.63, 3.8) is 0 Å². The van der Waals surface area contributed by atoms with E-state index in [-0.39, 0.29) is 6.01 Å². The van der Waals surface area contributed by atoms with Gasteiger partial charge in [-0.25, -0.2) is 0 Å². The number of aromatic nitrogens is 3. The molecule has 0 amide bonds. The first-order valence-corrected chi connectivity index (χ1v) is 11.2. The van der Waals surface area contributed by atoms with E-state index >= 15 is 0 Å². The molecule has 8 heteroatoms. The lowest BCUT2D eigenvalue weighted by Gasteiger charge is -2.27. The smallest absolute Gasteiger partial charge is 0.328 e. The van der Waals surface area contributed by atoms with Crippen molar-refractivity contribution in [1.29, 1.82) is 10.5 Å². The molecule has 0 atom stereocenters. The van der Waals surface area contributed by atoms with Gasteiger partial charge >= 0.3 is 6.01 Å². The molecular weight excluding hydrogens is 426 g/mol. The minimum atomic E-state index is 0.207. The van der Waals surface area contributed by atoms with Crippen LogP contribution in [0.3, 0.4) is 0 Å². The van der Waals surface area contributed by atoms with E-state index in [4.69, 9.17) is 15.3 Å². The standard InChI is InChI=1S/C26H25N7O/c1-18-15-21(7-6-12-27)16-19(2)23(18)34-26-31-24(29-22-10-8-20(17-28)9-11-22)30-25(32-26)33-13-4-3-5-14-33/h6-11,15-16H,3-5,13-14H2,1-2H3,(H,29,30,31,32)/b7-6-. The largest absolute Gasteiger partial charge is 0.424 e. The minimum absolute atomic E-state index is 0.207. The van der Waals surface area contributed by atoms with Crippen molar-refractivity contribution in [3.8, 4) is 23.9 Å². The number of piperidine rings is 1. The van der Waals surface area contributed by atoms with Crippen LogP contribution in [0.25, 0.3) is 6.08 Å². The lowest BCUT2D eigenvalue weighted by atomic mass is 10.1. The zero-order valence-electron chi connectivity index (χ0n) is 19.2. The molecule has 3 aromatic rings.